The first-order chi connectivity index (χ1) is 15.2. The number of hydrogen-bond acceptors (Lipinski definition) is 5. The highest BCUT2D eigenvalue weighted by Crippen LogP contribution is 2.40. The lowest BCUT2D eigenvalue weighted by Crippen LogP contribution is -2.32. The van der Waals surface area contributed by atoms with Gasteiger partial charge >= 0.3 is 0 Å². The highest BCUT2D eigenvalue weighted by molar-refractivity contribution is 8.18. The summed E-state index contributed by atoms with van der Waals surface area (Å²) < 4.78 is 10.9. The molecule has 2 aliphatic heterocycles. The van der Waals surface area contributed by atoms with Crippen LogP contribution in [0.2, 0.25) is 0 Å². The normalized spacial score (nSPS) is 18.7. The highest BCUT2D eigenvalue weighted by atomic mass is 32.2. The van der Waals surface area contributed by atoms with E-state index in [1.807, 2.05) is 91.9 Å². The minimum atomic E-state index is -0.147. The maximum Gasteiger partial charge on any atom is 0.267 e. The number of ether oxygens (including phenoxy) is 2. The lowest BCUT2D eigenvalue weighted by Gasteiger charge is -2.24. The quantitative estimate of drug-likeness (QED) is 0.494. The Balaban J connectivity index is 1.53. The second-order valence-electron chi connectivity index (χ2n) is 7.22. The standard InChI is InChI=1S/C25H20N2O3S/c1-17(19-8-4-2-5-9-19)27-24(28)23(31-25(27)26-20-10-6-3-7-11-20)15-18-12-13-21-22(14-18)30-16-29-21/h2-15,17H,16H2,1H3/b23-15+,26-25?/t17-/m0/s1. The summed E-state index contributed by atoms with van der Waals surface area (Å²) in [5.41, 5.74) is 2.75. The van der Waals surface area contributed by atoms with Gasteiger partial charge in [-0.3, -0.25) is 9.69 Å². The number of amidine groups is 1. The predicted octanol–water partition coefficient (Wildman–Crippen LogP) is 5.78. The van der Waals surface area contributed by atoms with Gasteiger partial charge in [0.05, 0.1) is 16.6 Å². The zero-order chi connectivity index (χ0) is 21.2. The molecule has 2 heterocycles. The first kappa shape index (κ1) is 19.5. The molecule has 0 saturated carbocycles. The summed E-state index contributed by atoms with van der Waals surface area (Å²) in [5.74, 6) is 1.35. The molecule has 3 aromatic carbocycles. The number of nitrogens with zero attached hydrogens (tertiary/aromatic N) is 2. The number of benzene rings is 3. The van der Waals surface area contributed by atoms with Crippen molar-refractivity contribution in [3.8, 4) is 11.5 Å². The molecule has 1 atom stereocenters. The lowest BCUT2D eigenvalue weighted by atomic mass is 10.1. The van der Waals surface area contributed by atoms with Crippen LogP contribution in [0.15, 0.2) is 88.8 Å². The molecular weight excluding hydrogens is 408 g/mol. The smallest absolute Gasteiger partial charge is 0.267 e. The van der Waals surface area contributed by atoms with E-state index in [1.165, 1.54) is 11.8 Å². The number of carbonyl (C=O) groups is 1. The average Bonchev–Trinajstić information content (AvgIpc) is 3.39. The third-order valence-electron chi connectivity index (χ3n) is 5.18. The minimum absolute atomic E-state index is 0.0614. The summed E-state index contributed by atoms with van der Waals surface area (Å²) in [4.78, 5) is 20.6. The van der Waals surface area contributed by atoms with Crippen molar-refractivity contribution in [2.24, 2.45) is 4.99 Å². The molecule has 1 amide bonds. The van der Waals surface area contributed by atoms with Gasteiger partial charge in [-0.15, -0.1) is 0 Å². The second kappa shape index (κ2) is 8.32. The number of amides is 1. The maximum absolute atomic E-state index is 13.5. The molecule has 0 aliphatic carbocycles. The van der Waals surface area contributed by atoms with Crippen LogP contribution in [0.3, 0.4) is 0 Å². The van der Waals surface area contributed by atoms with E-state index in [1.54, 1.807) is 4.90 Å². The van der Waals surface area contributed by atoms with Gasteiger partial charge in [0.2, 0.25) is 6.79 Å². The number of carbonyl (C=O) groups excluding carboxylic acids is 1. The molecular formula is C25H20N2O3S. The SMILES string of the molecule is C[C@@H](c1ccccc1)N1C(=O)/C(=C\c2ccc3c(c2)OCO3)SC1=Nc1ccccc1. The van der Waals surface area contributed by atoms with Crippen molar-refractivity contribution in [3.05, 3.63) is 94.9 Å². The number of thioether (sulfide) groups is 1. The molecule has 31 heavy (non-hydrogen) atoms. The summed E-state index contributed by atoms with van der Waals surface area (Å²) in [6, 6.07) is 25.2. The fourth-order valence-corrected chi connectivity index (χ4v) is 4.62. The van der Waals surface area contributed by atoms with Crippen molar-refractivity contribution in [3.63, 3.8) is 0 Å². The molecule has 2 aliphatic rings. The Morgan fingerprint density at radius 2 is 1.68 bits per heavy atom. The monoisotopic (exact) mass is 428 g/mol. The van der Waals surface area contributed by atoms with Crippen molar-refractivity contribution in [1.29, 1.82) is 0 Å². The zero-order valence-electron chi connectivity index (χ0n) is 16.9. The van der Waals surface area contributed by atoms with Crippen molar-refractivity contribution in [2.45, 2.75) is 13.0 Å². The first-order valence-corrected chi connectivity index (χ1v) is 10.8. The summed E-state index contributed by atoms with van der Waals surface area (Å²) in [7, 11) is 0. The van der Waals surface area contributed by atoms with Crippen LogP contribution < -0.4 is 9.47 Å². The average molecular weight is 429 g/mol. The van der Waals surface area contributed by atoms with Crippen LogP contribution in [-0.2, 0) is 4.79 Å². The van der Waals surface area contributed by atoms with E-state index < -0.39 is 0 Å². The van der Waals surface area contributed by atoms with E-state index in [9.17, 15) is 4.79 Å². The molecule has 154 valence electrons. The Morgan fingerprint density at radius 1 is 0.968 bits per heavy atom. The summed E-state index contributed by atoms with van der Waals surface area (Å²) in [5, 5.41) is 0.666. The van der Waals surface area contributed by atoms with Crippen molar-refractivity contribution in [1.82, 2.24) is 4.90 Å². The molecule has 6 heteroatoms. The van der Waals surface area contributed by atoms with Crippen LogP contribution >= 0.6 is 11.8 Å². The molecule has 0 bridgehead atoms. The molecule has 5 nitrogen and oxygen atoms in total. The van der Waals surface area contributed by atoms with E-state index >= 15 is 0 Å². The third-order valence-corrected chi connectivity index (χ3v) is 6.16. The van der Waals surface area contributed by atoms with Gasteiger partial charge in [-0.2, -0.15) is 0 Å². The van der Waals surface area contributed by atoms with Crippen molar-refractivity contribution < 1.29 is 14.3 Å². The molecule has 0 radical (unpaired) electrons. The van der Waals surface area contributed by atoms with Gasteiger partial charge < -0.3 is 9.47 Å². The van der Waals surface area contributed by atoms with E-state index in [2.05, 4.69) is 0 Å². The van der Waals surface area contributed by atoms with Gasteiger partial charge in [0.25, 0.3) is 5.91 Å². The van der Waals surface area contributed by atoms with Crippen LogP contribution in [0.4, 0.5) is 5.69 Å². The minimum Gasteiger partial charge on any atom is -0.454 e. The summed E-state index contributed by atoms with van der Waals surface area (Å²) in [6.07, 6.45) is 1.88. The fraction of sp³-hybridized carbons (Fsp3) is 0.120. The summed E-state index contributed by atoms with van der Waals surface area (Å²) >= 11 is 1.39. The number of rotatable bonds is 4. The van der Waals surface area contributed by atoms with Crippen molar-refractivity contribution >= 4 is 34.6 Å². The topological polar surface area (TPSA) is 51.1 Å². The zero-order valence-corrected chi connectivity index (χ0v) is 17.7. The van der Waals surface area contributed by atoms with Gasteiger partial charge in [-0.05, 0) is 60.2 Å². The Morgan fingerprint density at radius 3 is 2.45 bits per heavy atom. The van der Waals surface area contributed by atoms with Gasteiger partial charge in [0.1, 0.15) is 0 Å². The van der Waals surface area contributed by atoms with Crippen LogP contribution in [0.25, 0.3) is 6.08 Å². The van der Waals surface area contributed by atoms with E-state index in [-0.39, 0.29) is 18.7 Å². The number of para-hydroxylation sites is 1. The molecule has 0 spiro atoms. The molecule has 1 fully saturated rings. The third kappa shape index (κ3) is 3.94. The Kier molecular flexibility index (Phi) is 5.22. The summed E-state index contributed by atoms with van der Waals surface area (Å²) in [6.45, 7) is 2.25. The first-order valence-electron chi connectivity index (χ1n) is 10.0. The Bertz CT molecular complexity index is 1180. The molecule has 3 aromatic rings. The highest BCUT2D eigenvalue weighted by Gasteiger charge is 2.37. The van der Waals surface area contributed by atoms with Gasteiger partial charge in [0, 0.05) is 0 Å². The van der Waals surface area contributed by atoms with Gasteiger partial charge in [-0.1, -0.05) is 54.6 Å². The van der Waals surface area contributed by atoms with E-state index in [0.29, 0.717) is 15.8 Å². The van der Waals surface area contributed by atoms with Gasteiger partial charge in [0.15, 0.2) is 16.7 Å². The van der Waals surface area contributed by atoms with Crippen molar-refractivity contribution in [2.75, 3.05) is 6.79 Å². The van der Waals surface area contributed by atoms with Crippen LogP contribution in [0, 0.1) is 0 Å². The van der Waals surface area contributed by atoms with E-state index in [0.717, 1.165) is 22.6 Å². The molecule has 0 unspecified atom stereocenters. The molecule has 0 aromatic heterocycles. The predicted molar refractivity (Wildman–Crippen MR) is 123 cm³/mol. The lowest BCUT2D eigenvalue weighted by molar-refractivity contribution is -0.123. The van der Waals surface area contributed by atoms with Crippen LogP contribution in [-0.4, -0.2) is 22.8 Å². The maximum atomic E-state index is 13.5. The molecule has 5 rings (SSSR count). The van der Waals surface area contributed by atoms with Crippen LogP contribution in [0.1, 0.15) is 24.1 Å². The number of aliphatic imine (C=N–C) groups is 1. The molecule has 1 saturated heterocycles. The van der Waals surface area contributed by atoms with Gasteiger partial charge in [-0.25, -0.2) is 4.99 Å². The van der Waals surface area contributed by atoms with Crippen LogP contribution in [0.5, 0.6) is 11.5 Å². The Hall–Kier alpha value is -3.51. The number of hydrogen-bond donors (Lipinski definition) is 0. The Labute approximate surface area is 185 Å². The number of fused-ring (bicyclic) bond motifs is 1. The fourth-order valence-electron chi connectivity index (χ4n) is 3.55. The molecule has 0 N–H and O–H groups in total. The second-order valence-corrected chi connectivity index (χ2v) is 8.22. The van der Waals surface area contributed by atoms with E-state index in [4.69, 9.17) is 14.5 Å². The largest absolute Gasteiger partial charge is 0.454 e.